The van der Waals surface area contributed by atoms with Crippen LogP contribution in [0.5, 0.6) is 0 Å². The van der Waals surface area contributed by atoms with Gasteiger partial charge in [0, 0.05) is 6.54 Å². The Morgan fingerprint density at radius 3 is 1.51 bits per heavy atom. The summed E-state index contributed by atoms with van der Waals surface area (Å²) in [5, 5.41) is 83.8. The molecule has 15 atom stereocenters. The number of aliphatic carboxylic acids is 2. The van der Waals surface area contributed by atoms with Crippen LogP contribution in [0, 0.1) is 29.6 Å². The number of hydrogen-bond donors (Lipinski definition) is 19. The van der Waals surface area contributed by atoms with Gasteiger partial charge in [0.1, 0.15) is 48.3 Å². The molecule has 1 fully saturated rings. The molecule has 0 radical (unpaired) electrons. The van der Waals surface area contributed by atoms with Crippen LogP contribution in [-0.2, 0) is 84.2 Å². The first kappa shape index (κ1) is 103. The third-order valence-corrected chi connectivity index (χ3v) is 16.2. The van der Waals surface area contributed by atoms with Crippen LogP contribution >= 0.6 is 0 Å². The molecule has 48 heteroatoms. The molecule has 2 aromatic rings. The zero-order chi connectivity index (χ0) is 88.9. The first-order valence-electron chi connectivity index (χ1n) is 35.1. The van der Waals surface area contributed by atoms with E-state index in [0.29, 0.717) is 0 Å². The van der Waals surface area contributed by atoms with Gasteiger partial charge in [-0.1, -0.05) is 106 Å². The number of nitrogens with zero attached hydrogens (tertiary/aromatic N) is 2. The van der Waals surface area contributed by atoms with Crippen LogP contribution in [0.1, 0.15) is 138 Å². The van der Waals surface area contributed by atoms with Crippen LogP contribution in [0.4, 0.5) is 58.6 Å². The average Bonchev–Trinajstić information content (AvgIpc) is 0.811. The SMILES string of the molecule is CC[C@H](C)[C@@H]1NC(=O)[C@@H](CCCNc2nc(C(F)(F)F)cc(C(F)(F)F)n2)NC(=O)[C@H](CC(C)C)NC(=O)[C@H]([C@H](O)C(C)C)NC(=O)[C@@H](NC(=O)[C@H](CC(C)C)NC(=O)[C@H](N)CC(C)C)[C@@H](c2ccccc2)OC(=O)[C@H](CO)NC(=O)[C@H]([C@H](O)C(N)=O)NC(=O)CNC(=O)[C@H]([C@H](C)O)NC1=O.O=C(O)C(F)(F)F.O=C(O)C(F)(F)F. The zero-order valence-electron chi connectivity index (χ0n) is 63.7. The Labute approximate surface area is 649 Å². The molecule has 11 amide bonds. The number of carbonyl (C=O) groups excluding carboxylic acids is 12. The third kappa shape index (κ3) is 35.5. The number of alkyl halides is 12. The van der Waals surface area contributed by atoms with Crippen molar-refractivity contribution in [3.63, 3.8) is 0 Å². The van der Waals surface area contributed by atoms with Crippen LogP contribution in [-0.4, -0.2) is 234 Å². The van der Waals surface area contributed by atoms with E-state index >= 15 is 9.59 Å². The van der Waals surface area contributed by atoms with E-state index in [4.69, 9.17) is 36.0 Å². The van der Waals surface area contributed by atoms with Crippen molar-refractivity contribution in [1.29, 1.82) is 0 Å². The summed E-state index contributed by atoms with van der Waals surface area (Å²) < 4.78 is 152. The van der Waals surface area contributed by atoms with Gasteiger partial charge in [-0.15, -0.1) is 0 Å². The third-order valence-electron chi connectivity index (χ3n) is 16.2. The smallest absolute Gasteiger partial charge is 0.475 e. The Hall–Kier alpha value is -10.4. The maximum absolute atomic E-state index is 15.4. The van der Waals surface area contributed by atoms with Crippen LogP contribution in [0.15, 0.2) is 36.4 Å². The monoisotopic (exact) mass is 1680 g/mol. The first-order valence-corrected chi connectivity index (χ1v) is 35.1. The van der Waals surface area contributed by atoms with E-state index in [-0.39, 0.29) is 49.1 Å². The fraction of sp³-hybridized carbons (Fsp3) is 0.642. The number of benzene rings is 1. The minimum Gasteiger partial charge on any atom is -0.475 e. The highest BCUT2D eigenvalue weighted by Gasteiger charge is 2.46. The predicted octanol–water partition coefficient (Wildman–Crippen LogP) is -0.502. The van der Waals surface area contributed by atoms with Gasteiger partial charge in [-0.05, 0) is 80.2 Å². The topological polar surface area (TPSA) is 580 Å². The molecule has 3 rings (SSSR count). The summed E-state index contributed by atoms with van der Waals surface area (Å²) in [6.45, 7) is 13.7. The Balaban J connectivity index is 0.00000429. The number of primary amides is 1. The Kier molecular flexibility index (Phi) is 41.3. The summed E-state index contributed by atoms with van der Waals surface area (Å²) in [7, 11) is 0. The molecule has 0 spiro atoms. The number of carboxylic acid groups (broad SMARTS) is 2. The number of anilines is 1. The molecule has 1 aliphatic rings. The minimum absolute atomic E-state index is 0.0706. The van der Waals surface area contributed by atoms with Crippen molar-refractivity contribution < 1.29 is 155 Å². The molecule has 2 heterocycles. The molecule has 36 nitrogen and oxygen atoms in total. The van der Waals surface area contributed by atoms with Crippen molar-refractivity contribution in [3.8, 4) is 0 Å². The second kappa shape index (κ2) is 46.3. The lowest BCUT2D eigenvalue weighted by atomic mass is 9.95. The lowest BCUT2D eigenvalue weighted by Gasteiger charge is -2.34. The summed E-state index contributed by atoms with van der Waals surface area (Å²) in [4.78, 5) is 195. The first-order chi connectivity index (χ1) is 52.8. The molecule has 115 heavy (non-hydrogen) atoms. The lowest BCUT2D eigenvalue weighted by Crippen LogP contribution is -2.64. The predicted molar refractivity (Wildman–Crippen MR) is 373 cm³/mol. The number of carboxylic acids is 2. The molecule has 1 saturated heterocycles. The van der Waals surface area contributed by atoms with Crippen LogP contribution < -0.4 is 70.0 Å². The van der Waals surface area contributed by atoms with E-state index in [1.54, 1.807) is 48.5 Å². The van der Waals surface area contributed by atoms with E-state index in [1.165, 1.54) is 51.1 Å². The number of cyclic esters (lactones) is 1. The molecule has 0 aliphatic carbocycles. The second-order valence-electron chi connectivity index (χ2n) is 27.7. The molecule has 1 aromatic heterocycles. The van der Waals surface area contributed by atoms with Gasteiger partial charge >= 0.3 is 42.6 Å². The second-order valence-corrected chi connectivity index (χ2v) is 27.7. The Bertz CT molecular complexity index is 3580. The van der Waals surface area contributed by atoms with Gasteiger partial charge in [0.15, 0.2) is 29.6 Å². The van der Waals surface area contributed by atoms with Crippen molar-refractivity contribution >= 4 is 88.8 Å². The van der Waals surface area contributed by atoms with Crippen molar-refractivity contribution in [3.05, 3.63) is 53.3 Å². The maximum Gasteiger partial charge on any atom is 0.490 e. The molecule has 1 aromatic carbocycles. The molecule has 21 N–H and O–H groups in total. The van der Waals surface area contributed by atoms with E-state index < -0.39 is 260 Å². The van der Waals surface area contributed by atoms with Gasteiger partial charge in [0.25, 0.3) is 0 Å². The molecular formula is C67H97F12N15O21. The van der Waals surface area contributed by atoms with E-state index in [0.717, 1.165) is 6.92 Å². The molecule has 0 saturated carbocycles. The van der Waals surface area contributed by atoms with Crippen molar-refractivity contribution in [1.82, 2.24) is 63.1 Å². The van der Waals surface area contributed by atoms with Crippen molar-refractivity contribution in [2.45, 2.75) is 224 Å². The number of rotatable bonds is 24. The quantitative estimate of drug-likeness (QED) is 0.0358. The summed E-state index contributed by atoms with van der Waals surface area (Å²) in [5.41, 5.74) is 7.44. The number of amides is 11. The Morgan fingerprint density at radius 1 is 0.591 bits per heavy atom. The van der Waals surface area contributed by atoms with Gasteiger partial charge < -0.3 is 105 Å². The number of nitrogens with one attached hydrogen (secondary N) is 11. The van der Waals surface area contributed by atoms with Crippen molar-refractivity contribution in [2.75, 3.05) is 25.0 Å². The molecular weight excluding hydrogens is 1580 g/mol. The van der Waals surface area contributed by atoms with Crippen LogP contribution in [0.25, 0.3) is 0 Å². The maximum atomic E-state index is 15.4. The molecule has 0 bridgehead atoms. The van der Waals surface area contributed by atoms with Gasteiger partial charge in [-0.2, -0.15) is 52.7 Å². The summed E-state index contributed by atoms with van der Waals surface area (Å²) in [5.74, 6) is -25.6. The largest absolute Gasteiger partial charge is 0.490 e. The lowest BCUT2D eigenvalue weighted by molar-refractivity contribution is -0.193. The van der Waals surface area contributed by atoms with E-state index in [9.17, 15) is 121 Å². The number of carbonyl (C=O) groups is 14. The number of ether oxygens (including phenoxy) is 1. The molecule has 650 valence electrons. The number of halogens is 12. The molecule has 1 aliphatic heterocycles. The number of aromatic nitrogens is 2. The van der Waals surface area contributed by atoms with Crippen LogP contribution in [0.3, 0.4) is 0 Å². The molecule has 0 unspecified atom stereocenters. The summed E-state index contributed by atoms with van der Waals surface area (Å²) in [6.07, 6.45) is -30.7. The highest BCUT2D eigenvalue weighted by atomic mass is 19.4. The van der Waals surface area contributed by atoms with Crippen molar-refractivity contribution in [2.24, 2.45) is 41.1 Å². The highest BCUT2D eigenvalue weighted by Crippen LogP contribution is 2.34. The van der Waals surface area contributed by atoms with Crippen LogP contribution in [0.2, 0.25) is 0 Å². The summed E-state index contributed by atoms with van der Waals surface area (Å²) >= 11 is 0. The average molecular weight is 1680 g/mol. The number of nitrogens with two attached hydrogens (primary N) is 2. The standard InChI is InChI=1S/C63H95F6N15O17.2C2HF3O2/c1-12-31(10)42-56(96)82-43(32(11)86)55(95)73-25-41(87)80-45(48(89)50(71)90)58(98)77-38(26-85)60(100)101-49(33-17-14-13-15-18-33)46(84-54(94)37(23-29(6)7)75-51(91)34(70)21-27(2)3)59(99)83-44(47(88)30(8)9)57(97)76-36(22-28(4)5)53(93)74-35(52(92)81-42)19-16-20-72-61-78-39(62(64,65)66)24-40(79-61)63(67,68)69;2*3-2(4,5)1(6)7/h13-15,17-18,24,27-32,34-38,42-49,85-86,88-89H,12,16,19-23,25-26,70H2,1-11H3,(H2,71,90)(H,73,95)(H,74,93)(H,75,91)(H,76,97)(H,77,98)(H,80,87)(H,81,92)(H,82,96)(H,83,99)(H,84,94)(H,72,78,79);2*(H,6,7)/t31-,32-,34+,35+,36-,37-,38-,42-,43-,44-,45-,46-,47+,48-,49+;;/m0../s1. The fourth-order valence-corrected chi connectivity index (χ4v) is 10.1. The van der Waals surface area contributed by atoms with Gasteiger partial charge in [0.2, 0.25) is 70.9 Å². The fourth-order valence-electron chi connectivity index (χ4n) is 10.1. The highest BCUT2D eigenvalue weighted by molar-refractivity contribution is 6.00. The van der Waals surface area contributed by atoms with E-state index in [2.05, 4.69) is 57.8 Å². The Morgan fingerprint density at radius 2 is 1.06 bits per heavy atom. The summed E-state index contributed by atoms with van der Waals surface area (Å²) in [6, 6.07) is -12.8. The van der Waals surface area contributed by atoms with Gasteiger partial charge in [-0.25, -0.2) is 24.4 Å². The zero-order valence-corrected chi connectivity index (χ0v) is 63.7. The normalized spacial score (nSPS) is 22.2. The number of aliphatic hydroxyl groups excluding tert-OH is 4. The number of hydrogen-bond acceptors (Lipinski definition) is 23. The minimum atomic E-state index is -5.38. The van der Waals surface area contributed by atoms with E-state index in [1.807, 2.05) is 10.6 Å². The number of aliphatic hydroxyl groups is 4. The number of esters is 1. The van der Waals surface area contributed by atoms with Gasteiger partial charge in [0.05, 0.1) is 31.4 Å². The van der Waals surface area contributed by atoms with Gasteiger partial charge in [-0.3, -0.25) is 52.7 Å².